The Labute approximate surface area is 117 Å². The van der Waals surface area contributed by atoms with Crippen LogP contribution < -0.4 is 5.32 Å². The van der Waals surface area contributed by atoms with E-state index in [2.05, 4.69) is 5.32 Å². The van der Waals surface area contributed by atoms with Gasteiger partial charge in [0.1, 0.15) is 12.9 Å². The van der Waals surface area contributed by atoms with Crippen LogP contribution in [0.4, 0.5) is 4.79 Å². The van der Waals surface area contributed by atoms with Gasteiger partial charge in [-0.25, -0.2) is 4.79 Å². The molecule has 0 aliphatic carbocycles. The first kappa shape index (κ1) is 15.7. The van der Waals surface area contributed by atoms with E-state index in [4.69, 9.17) is 9.47 Å². The molecule has 20 heavy (non-hydrogen) atoms. The molecule has 108 valence electrons. The van der Waals surface area contributed by atoms with Gasteiger partial charge in [-0.1, -0.05) is 30.3 Å². The van der Waals surface area contributed by atoms with Crippen molar-refractivity contribution in [2.75, 3.05) is 6.61 Å². The SMILES string of the molecule is CCOC(=O)CC(C=O)NC(=O)OCc1ccccc1. The first-order valence-electron chi connectivity index (χ1n) is 6.23. The van der Waals surface area contributed by atoms with Crippen molar-refractivity contribution in [3.05, 3.63) is 35.9 Å². The van der Waals surface area contributed by atoms with Crippen LogP contribution in [-0.4, -0.2) is 31.0 Å². The van der Waals surface area contributed by atoms with Gasteiger partial charge in [0.15, 0.2) is 0 Å². The normalized spacial score (nSPS) is 11.2. The molecule has 0 aromatic heterocycles. The third-order valence-electron chi connectivity index (χ3n) is 2.37. The Kier molecular flexibility index (Phi) is 6.81. The Bertz CT molecular complexity index is 446. The van der Waals surface area contributed by atoms with E-state index in [1.807, 2.05) is 30.3 Å². The van der Waals surface area contributed by atoms with Gasteiger partial charge in [-0.2, -0.15) is 0 Å². The molecule has 0 fully saturated rings. The van der Waals surface area contributed by atoms with E-state index in [0.717, 1.165) is 5.56 Å². The highest BCUT2D eigenvalue weighted by Crippen LogP contribution is 2.01. The molecular weight excluding hydrogens is 262 g/mol. The lowest BCUT2D eigenvalue weighted by molar-refractivity contribution is -0.144. The van der Waals surface area contributed by atoms with Crippen LogP contribution in [0.5, 0.6) is 0 Å². The molecule has 1 amide bonds. The fourth-order valence-electron chi connectivity index (χ4n) is 1.45. The van der Waals surface area contributed by atoms with Gasteiger partial charge in [0, 0.05) is 0 Å². The van der Waals surface area contributed by atoms with E-state index in [0.29, 0.717) is 6.29 Å². The fourth-order valence-corrected chi connectivity index (χ4v) is 1.45. The summed E-state index contributed by atoms with van der Waals surface area (Å²) >= 11 is 0. The molecule has 6 heteroatoms. The van der Waals surface area contributed by atoms with E-state index >= 15 is 0 Å². The van der Waals surface area contributed by atoms with Crippen molar-refractivity contribution < 1.29 is 23.9 Å². The van der Waals surface area contributed by atoms with Crippen molar-refractivity contribution in [1.82, 2.24) is 5.32 Å². The lowest BCUT2D eigenvalue weighted by Gasteiger charge is -2.12. The van der Waals surface area contributed by atoms with Gasteiger partial charge in [-0.3, -0.25) is 4.79 Å². The van der Waals surface area contributed by atoms with Crippen LogP contribution in [0.2, 0.25) is 0 Å². The maximum atomic E-state index is 11.5. The summed E-state index contributed by atoms with van der Waals surface area (Å²) in [4.78, 5) is 33.5. The van der Waals surface area contributed by atoms with Crippen LogP contribution >= 0.6 is 0 Å². The molecular formula is C14H17NO5. The number of hydrogen-bond donors (Lipinski definition) is 1. The van der Waals surface area contributed by atoms with Gasteiger partial charge in [-0.15, -0.1) is 0 Å². The summed E-state index contributed by atoms with van der Waals surface area (Å²) in [5.74, 6) is -0.548. The number of carbonyl (C=O) groups is 3. The zero-order valence-corrected chi connectivity index (χ0v) is 11.2. The summed E-state index contributed by atoms with van der Waals surface area (Å²) in [6, 6.07) is 8.17. The zero-order valence-electron chi connectivity index (χ0n) is 11.2. The Morgan fingerprint density at radius 1 is 1.25 bits per heavy atom. The van der Waals surface area contributed by atoms with Crippen LogP contribution in [0, 0.1) is 0 Å². The van der Waals surface area contributed by atoms with Crippen molar-refractivity contribution in [1.29, 1.82) is 0 Å². The molecule has 1 rings (SSSR count). The molecule has 0 aliphatic rings. The molecule has 1 unspecified atom stereocenters. The highest BCUT2D eigenvalue weighted by atomic mass is 16.5. The van der Waals surface area contributed by atoms with Crippen LogP contribution in [-0.2, 0) is 25.7 Å². The average Bonchev–Trinajstić information content (AvgIpc) is 2.45. The maximum Gasteiger partial charge on any atom is 0.408 e. The minimum Gasteiger partial charge on any atom is -0.466 e. The predicted molar refractivity (Wildman–Crippen MR) is 70.9 cm³/mol. The molecule has 0 bridgehead atoms. The zero-order chi connectivity index (χ0) is 14.8. The van der Waals surface area contributed by atoms with Gasteiger partial charge < -0.3 is 19.6 Å². The van der Waals surface area contributed by atoms with Gasteiger partial charge in [0.05, 0.1) is 19.1 Å². The summed E-state index contributed by atoms with van der Waals surface area (Å²) < 4.78 is 9.64. The minimum absolute atomic E-state index is 0.0949. The first-order chi connectivity index (χ1) is 9.65. The molecule has 0 heterocycles. The quantitative estimate of drug-likeness (QED) is 0.603. The molecule has 0 aliphatic heterocycles. The largest absolute Gasteiger partial charge is 0.466 e. The number of benzene rings is 1. The number of amides is 1. The number of rotatable bonds is 7. The Balaban J connectivity index is 2.35. The summed E-state index contributed by atoms with van der Waals surface area (Å²) in [7, 11) is 0. The van der Waals surface area contributed by atoms with Gasteiger partial charge in [0.2, 0.25) is 0 Å². The van der Waals surface area contributed by atoms with Crippen LogP contribution in [0.15, 0.2) is 30.3 Å². The van der Waals surface area contributed by atoms with E-state index in [1.54, 1.807) is 6.92 Å². The van der Waals surface area contributed by atoms with Crippen molar-refractivity contribution >= 4 is 18.3 Å². The van der Waals surface area contributed by atoms with E-state index in [-0.39, 0.29) is 19.6 Å². The van der Waals surface area contributed by atoms with Gasteiger partial charge >= 0.3 is 12.1 Å². The highest BCUT2D eigenvalue weighted by Gasteiger charge is 2.17. The van der Waals surface area contributed by atoms with Crippen LogP contribution in [0.25, 0.3) is 0 Å². The predicted octanol–water partition coefficient (Wildman–Crippen LogP) is 1.43. The third kappa shape index (κ3) is 5.99. The molecule has 0 saturated heterocycles. The number of alkyl carbamates (subject to hydrolysis) is 1. The summed E-state index contributed by atoms with van der Waals surface area (Å²) in [5, 5.41) is 2.30. The second-order valence-corrected chi connectivity index (χ2v) is 3.96. The monoisotopic (exact) mass is 279 g/mol. The molecule has 1 aromatic rings. The number of nitrogens with one attached hydrogen (secondary N) is 1. The second kappa shape index (κ2) is 8.68. The maximum absolute atomic E-state index is 11.5. The topological polar surface area (TPSA) is 81.7 Å². The fraction of sp³-hybridized carbons (Fsp3) is 0.357. The number of esters is 1. The van der Waals surface area contributed by atoms with Crippen molar-refractivity contribution in [2.24, 2.45) is 0 Å². The third-order valence-corrected chi connectivity index (χ3v) is 2.37. The first-order valence-corrected chi connectivity index (χ1v) is 6.23. The average molecular weight is 279 g/mol. The Morgan fingerprint density at radius 2 is 1.95 bits per heavy atom. The lowest BCUT2D eigenvalue weighted by atomic mass is 10.2. The molecule has 0 saturated carbocycles. The summed E-state index contributed by atoms with van der Waals surface area (Å²) in [6.07, 6.45) is -0.492. The molecule has 1 aromatic carbocycles. The Hall–Kier alpha value is -2.37. The van der Waals surface area contributed by atoms with Crippen molar-refractivity contribution in [3.63, 3.8) is 0 Å². The standard InChI is InChI=1S/C14H17NO5/c1-2-19-13(17)8-12(9-16)15-14(18)20-10-11-6-4-3-5-7-11/h3-7,9,12H,2,8,10H2,1H3,(H,15,18). The molecule has 0 spiro atoms. The lowest BCUT2D eigenvalue weighted by Crippen LogP contribution is -2.38. The van der Waals surface area contributed by atoms with Gasteiger partial charge in [-0.05, 0) is 12.5 Å². The van der Waals surface area contributed by atoms with Gasteiger partial charge in [0.25, 0.3) is 0 Å². The number of carbonyl (C=O) groups excluding carboxylic acids is 3. The van der Waals surface area contributed by atoms with Crippen LogP contribution in [0.1, 0.15) is 18.9 Å². The molecule has 0 radical (unpaired) electrons. The molecule has 6 nitrogen and oxygen atoms in total. The summed E-state index contributed by atoms with van der Waals surface area (Å²) in [5.41, 5.74) is 0.829. The summed E-state index contributed by atoms with van der Waals surface area (Å²) in [6.45, 7) is 1.98. The number of hydrogen-bond acceptors (Lipinski definition) is 5. The van der Waals surface area contributed by atoms with Crippen molar-refractivity contribution in [3.8, 4) is 0 Å². The van der Waals surface area contributed by atoms with E-state index < -0.39 is 18.1 Å². The van der Waals surface area contributed by atoms with E-state index in [9.17, 15) is 14.4 Å². The smallest absolute Gasteiger partial charge is 0.408 e. The van der Waals surface area contributed by atoms with E-state index in [1.165, 1.54) is 0 Å². The molecule has 1 atom stereocenters. The minimum atomic E-state index is -0.947. The Morgan fingerprint density at radius 3 is 2.55 bits per heavy atom. The molecule has 1 N–H and O–H groups in total. The van der Waals surface area contributed by atoms with Crippen LogP contribution in [0.3, 0.4) is 0 Å². The van der Waals surface area contributed by atoms with Crippen molar-refractivity contribution in [2.45, 2.75) is 26.0 Å². The second-order valence-electron chi connectivity index (χ2n) is 3.96. The highest BCUT2D eigenvalue weighted by molar-refractivity contribution is 5.79. The number of ether oxygens (including phenoxy) is 2. The number of aldehydes is 1.